The van der Waals surface area contributed by atoms with Crippen molar-refractivity contribution in [3.05, 3.63) is 66.1 Å². The van der Waals surface area contributed by atoms with Crippen LogP contribution in [0.25, 0.3) is 11.4 Å². The highest BCUT2D eigenvalue weighted by molar-refractivity contribution is 5.89. The SMILES string of the molecule is Cc1cccc(NC(=O)N2CCC[C@H]2c2nc(-c3ccccc3)no2)c1. The molecule has 2 heterocycles. The van der Waals surface area contributed by atoms with Crippen LogP contribution in [0.15, 0.2) is 59.1 Å². The summed E-state index contributed by atoms with van der Waals surface area (Å²) in [5.41, 5.74) is 2.79. The topological polar surface area (TPSA) is 71.3 Å². The minimum absolute atomic E-state index is 0.141. The molecule has 2 amide bonds. The number of carbonyl (C=O) groups is 1. The van der Waals surface area contributed by atoms with Crippen LogP contribution >= 0.6 is 0 Å². The van der Waals surface area contributed by atoms with E-state index in [-0.39, 0.29) is 12.1 Å². The second kappa shape index (κ2) is 7.00. The van der Waals surface area contributed by atoms with Crippen LogP contribution in [-0.4, -0.2) is 27.6 Å². The largest absolute Gasteiger partial charge is 0.337 e. The maximum Gasteiger partial charge on any atom is 0.322 e. The zero-order valence-corrected chi connectivity index (χ0v) is 14.6. The predicted octanol–water partition coefficient (Wildman–Crippen LogP) is 4.41. The van der Waals surface area contributed by atoms with Crippen molar-refractivity contribution in [3.8, 4) is 11.4 Å². The van der Waals surface area contributed by atoms with Crippen molar-refractivity contribution in [1.82, 2.24) is 15.0 Å². The van der Waals surface area contributed by atoms with E-state index in [0.717, 1.165) is 29.7 Å². The number of hydrogen-bond acceptors (Lipinski definition) is 4. The number of nitrogens with one attached hydrogen (secondary N) is 1. The van der Waals surface area contributed by atoms with Crippen LogP contribution in [0.3, 0.4) is 0 Å². The van der Waals surface area contributed by atoms with E-state index in [1.807, 2.05) is 61.5 Å². The van der Waals surface area contributed by atoms with Crippen LogP contribution < -0.4 is 5.32 Å². The van der Waals surface area contributed by atoms with E-state index >= 15 is 0 Å². The molecule has 3 aromatic rings. The first-order chi connectivity index (χ1) is 12.7. The highest BCUT2D eigenvalue weighted by Gasteiger charge is 2.34. The summed E-state index contributed by atoms with van der Waals surface area (Å²) in [6, 6.07) is 17.1. The van der Waals surface area contributed by atoms with Crippen molar-refractivity contribution >= 4 is 11.7 Å². The minimum atomic E-state index is -0.190. The maximum atomic E-state index is 12.7. The van der Waals surface area contributed by atoms with Crippen molar-refractivity contribution in [2.75, 3.05) is 11.9 Å². The molecule has 0 bridgehead atoms. The highest BCUT2D eigenvalue weighted by atomic mass is 16.5. The number of likely N-dealkylation sites (tertiary alicyclic amines) is 1. The number of carbonyl (C=O) groups excluding carboxylic acids is 1. The third-order valence-corrected chi connectivity index (χ3v) is 4.54. The lowest BCUT2D eigenvalue weighted by molar-refractivity contribution is 0.193. The van der Waals surface area contributed by atoms with Gasteiger partial charge in [-0.15, -0.1) is 0 Å². The molecule has 6 heteroatoms. The van der Waals surface area contributed by atoms with Crippen molar-refractivity contribution < 1.29 is 9.32 Å². The van der Waals surface area contributed by atoms with Gasteiger partial charge < -0.3 is 14.7 Å². The molecule has 2 aromatic carbocycles. The van der Waals surface area contributed by atoms with E-state index in [2.05, 4.69) is 15.5 Å². The second-order valence-electron chi connectivity index (χ2n) is 6.47. The monoisotopic (exact) mass is 348 g/mol. The van der Waals surface area contributed by atoms with Crippen molar-refractivity contribution in [2.24, 2.45) is 0 Å². The number of amides is 2. The molecule has 4 rings (SSSR count). The Kier molecular flexibility index (Phi) is 4.39. The van der Waals surface area contributed by atoms with Crippen LogP contribution in [0.2, 0.25) is 0 Å². The molecule has 1 N–H and O–H groups in total. The normalized spacial score (nSPS) is 16.7. The summed E-state index contributed by atoms with van der Waals surface area (Å²) in [6.07, 6.45) is 1.73. The number of hydrogen-bond donors (Lipinski definition) is 1. The molecule has 6 nitrogen and oxygen atoms in total. The molecular weight excluding hydrogens is 328 g/mol. The fourth-order valence-corrected chi connectivity index (χ4v) is 3.26. The molecule has 1 fully saturated rings. The smallest absolute Gasteiger partial charge is 0.322 e. The number of anilines is 1. The Morgan fingerprint density at radius 1 is 1.19 bits per heavy atom. The van der Waals surface area contributed by atoms with E-state index < -0.39 is 0 Å². The Bertz CT molecular complexity index is 907. The summed E-state index contributed by atoms with van der Waals surface area (Å²) in [6.45, 7) is 2.67. The Hall–Kier alpha value is -3.15. The Balaban J connectivity index is 1.51. The average Bonchev–Trinajstić information content (AvgIpc) is 3.32. The van der Waals surface area contributed by atoms with Crippen LogP contribution in [-0.2, 0) is 0 Å². The molecule has 1 saturated heterocycles. The van der Waals surface area contributed by atoms with Crippen LogP contribution in [0.1, 0.15) is 30.3 Å². The minimum Gasteiger partial charge on any atom is -0.337 e. The van der Waals surface area contributed by atoms with Gasteiger partial charge in [-0.25, -0.2) is 4.79 Å². The third kappa shape index (κ3) is 3.31. The maximum absolute atomic E-state index is 12.7. The zero-order valence-electron chi connectivity index (χ0n) is 14.6. The summed E-state index contributed by atoms with van der Waals surface area (Å²) in [5, 5.41) is 7.04. The Labute approximate surface area is 151 Å². The first-order valence-electron chi connectivity index (χ1n) is 8.74. The first-order valence-corrected chi connectivity index (χ1v) is 8.74. The molecule has 1 aliphatic rings. The summed E-state index contributed by atoms with van der Waals surface area (Å²) >= 11 is 0. The lowest BCUT2D eigenvalue weighted by Crippen LogP contribution is -2.34. The number of benzene rings is 2. The molecular formula is C20H20N4O2. The molecule has 0 spiro atoms. The Morgan fingerprint density at radius 3 is 2.85 bits per heavy atom. The number of urea groups is 1. The van der Waals surface area contributed by atoms with Crippen LogP contribution in [0.4, 0.5) is 10.5 Å². The fourth-order valence-electron chi connectivity index (χ4n) is 3.26. The lowest BCUT2D eigenvalue weighted by atomic mass is 10.2. The molecule has 1 aromatic heterocycles. The summed E-state index contributed by atoms with van der Waals surface area (Å²) in [5.74, 6) is 1.03. The molecule has 0 unspecified atom stereocenters. The highest BCUT2D eigenvalue weighted by Crippen LogP contribution is 2.32. The van der Waals surface area contributed by atoms with Crippen molar-refractivity contribution in [1.29, 1.82) is 0 Å². The summed E-state index contributed by atoms with van der Waals surface area (Å²) < 4.78 is 5.47. The third-order valence-electron chi connectivity index (χ3n) is 4.54. The van der Waals surface area contributed by atoms with Gasteiger partial charge in [0.2, 0.25) is 11.7 Å². The molecule has 0 radical (unpaired) electrons. The van der Waals surface area contributed by atoms with Gasteiger partial charge in [-0.3, -0.25) is 0 Å². The fraction of sp³-hybridized carbons (Fsp3) is 0.250. The second-order valence-corrected chi connectivity index (χ2v) is 6.47. The van der Waals surface area contributed by atoms with E-state index in [0.29, 0.717) is 18.3 Å². The first kappa shape index (κ1) is 16.3. The number of nitrogens with zero attached hydrogens (tertiary/aromatic N) is 3. The molecule has 0 aliphatic carbocycles. The van der Waals surface area contributed by atoms with Crippen molar-refractivity contribution in [2.45, 2.75) is 25.8 Å². The van der Waals surface area contributed by atoms with Gasteiger partial charge in [-0.2, -0.15) is 4.98 Å². The predicted molar refractivity (Wildman–Crippen MR) is 98.6 cm³/mol. The summed E-state index contributed by atoms with van der Waals surface area (Å²) in [4.78, 5) is 19.0. The van der Waals surface area contributed by atoms with Crippen molar-refractivity contribution in [3.63, 3.8) is 0 Å². The van der Waals surface area contributed by atoms with E-state index in [4.69, 9.17) is 4.52 Å². The van der Waals surface area contributed by atoms with Gasteiger partial charge in [-0.1, -0.05) is 47.6 Å². The molecule has 1 aliphatic heterocycles. The molecule has 0 saturated carbocycles. The van der Waals surface area contributed by atoms with Crippen LogP contribution in [0, 0.1) is 6.92 Å². The van der Waals surface area contributed by atoms with E-state index in [1.54, 1.807) is 4.90 Å². The van der Waals surface area contributed by atoms with Gasteiger partial charge in [0.1, 0.15) is 6.04 Å². The molecule has 1 atom stereocenters. The van der Waals surface area contributed by atoms with Gasteiger partial charge >= 0.3 is 6.03 Å². The van der Waals surface area contributed by atoms with Crippen LogP contribution in [0.5, 0.6) is 0 Å². The summed E-state index contributed by atoms with van der Waals surface area (Å²) in [7, 11) is 0. The lowest BCUT2D eigenvalue weighted by Gasteiger charge is -2.22. The van der Waals surface area contributed by atoms with Gasteiger partial charge in [0.05, 0.1) is 0 Å². The van der Waals surface area contributed by atoms with Gasteiger partial charge in [-0.05, 0) is 37.5 Å². The molecule has 26 heavy (non-hydrogen) atoms. The standard InChI is InChI=1S/C20H20N4O2/c1-14-7-5-10-16(13-14)21-20(25)24-12-6-11-17(24)19-22-18(23-26-19)15-8-3-2-4-9-15/h2-5,7-10,13,17H,6,11-12H2,1H3,(H,21,25)/t17-/m0/s1. The van der Waals surface area contributed by atoms with Gasteiger partial charge in [0.25, 0.3) is 0 Å². The molecule has 132 valence electrons. The van der Waals surface area contributed by atoms with E-state index in [9.17, 15) is 4.79 Å². The number of rotatable bonds is 3. The number of aryl methyl sites for hydroxylation is 1. The van der Waals surface area contributed by atoms with E-state index in [1.165, 1.54) is 0 Å². The average molecular weight is 348 g/mol. The zero-order chi connectivity index (χ0) is 17.9. The Morgan fingerprint density at radius 2 is 2.04 bits per heavy atom. The van der Waals surface area contributed by atoms with Gasteiger partial charge in [0.15, 0.2) is 0 Å². The quantitative estimate of drug-likeness (QED) is 0.761. The number of aromatic nitrogens is 2. The van der Waals surface area contributed by atoms with Gasteiger partial charge in [0, 0.05) is 17.8 Å².